The Balaban J connectivity index is 0.00000122. The highest BCUT2D eigenvalue weighted by atomic mass is 35.5. The Morgan fingerprint density at radius 3 is 1.97 bits per heavy atom. The second kappa shape index (κ2) is 20.7. The molecule has 13 nitrogen and oxygen atoms in total. The number of benzene rings is 3. The average molecular weight is 879 g/mol. The van der Waals surface area contributed by atoms with Gasteiger partial charge in [0.15, 0.2) is 0 Å². The predicted molar refractivity (Wildman–Crippen MR) is 202 cm³/mol. The van der Waals surface area contributed by atoms with Gasteiger partial charge in [-0.3, -0.25) is 19.2 Å². The Bertz CT molecular complexity index is 2040. The van der Waals surface area contributed by atoms with Crippen LogP contribution in [0.5, 0.6) is 5.75 Å². The number of thiol groups is 1. The molecule has 0 aromatic heterocycles. The van der Waals surface area contributed by atoms with E-state index in [1.165, 1.54) is 45.2 Å². The monoisotopic (exact) mass is 878 g/mol. The highest BCUT2D eigenvalue weighted by Crippen LogP contribution is 2.37. The molecule has 3 aromatic carbocycles. The molecular formula is C38H41ClF6N4O9S. The molecule has 0 bridgehead atoms. The summed E-state index contributed by atoms with van der Waals surface area (Å²) in [6.45, 7) is 2.60. The second-order valence-electron chi connectivity index (χ2n) is 13.7. The first-order chi connectivity index (χ1) is 27.5. The van der Waals surface area contributed by atoms with Gasteiger partial charge in [0.1, 0.15) is 28.5 Å². The van der Waals surface area contributed by atoms with Gasteiger partial charge in [-0.25, -0.2) is 13.2 Å². The molecule has 1 aliphatic heterocycles. The van der Waals surface area contributed by atoms with Crippen molar-refractivity contribution in [2.24, 2.45) is 17.6 Å². The Hall–Kier alpha value is -5.21. The number of carboxylic acids is 1. The number of rotatable bonds is 14. The van der Waals surface area contributed by atoms with E-state index in [0.29, 0.717) is 16.9 Å². The summed E-state index contributed by atoms with van der Waals surface area (Å²) in [6.07, 6.45) is -10.7. The number of hydrogen-bond acceptors (Lipinski definition) is 9. The zero-order valence-corrected chi connectivity index (χ0v) is 33.2. The number of ketones is 1. The smallest absolute Gasteiger partial charge is 0.490 e. The van der Waals surface area contributed by atoms with Crippen LogP contribution in [-0.2, 0) is 42.8 Å². The zero-order chi connectivity index (χ0) is 44.4. The number of nitrogens with one attached hydrogen (secondary N) is 2. The van der Waals surface area contributed by atoms with E-state index in [9.17, 15) is 53.9 Å². The van der Waals surface area contributed by atoms with Crippen LogP contribution in [0.2, 0.25) is 5.02 Å². The van der Waals surface area contributed by atoms with Crippen molar-refractivity contribution in [3.8, 4) is 5.75 Å². The van der Waals surface area contributed by atoms with Gasteiger partial charge < -0.3 is 31.1 Å². The molecule has 4 rings (SSSR count). The summed E-state index contributed by atoms with van der Waals surface area (Å²) < 4.78 is 103. The van der Waals surface area contributed by atoms with Crippen LogP contribution in [0, 0.1) is 11.8 Å². The maximum atomic E-state index is 14.6. The lowest BCUT2D eigenvalue weighted by atomic mass is 9.95. The number of alkyl halides is 6. The number of carbonyl (C=O) groups is 5. The van der Waals surface area contributed by atoms with Crippen molar-refractivity contribution in [1.82, 2.24) is 15.5 Å². The third-order valence-corrected chi connectivity index (χ3v) is 10.6. The quantitative estimate of drug-likeness (QED) is 0.112. The number of halogens is 7. The molecule has 3 aromatic rings. The number of nitrogens with zero attached hydrogens (tertiary/aromatic N) is 1. The van der Waals surface area contributed by atoms with Gasteiger partial charge in [0.25, 0.3) is 11.7 Å². The van der Waals surface area contributed by atoms with Gasteiger partial charge in [-0.1, -0.05) is 67.9 Å². The molecule has 0 saturated carbocycles. The van der Waals surface area contributed by atoms with Crippen LogP contribution in [-0.4, -0.2) is 92.0 Å². The van der Waals surface area contributed by atoms with E-state index in [0.717, 1.165) is 10.5 Å². The van der Waals surface area contributed by atoms with Crippen LogP contribution in [0.1, 0.15) is 52.6 Å². The SMILES string of the molecule is COc1ccc(C([C@@H]2C[C@@H](C(=O)N[C@H](C(=O)C(F)(F)F)C(C)C)N(C(=O)[C@H](Cc3ccc(CN)cc3)NC(=O)c3cccc(Cl)c3)C2)[SH](=O)=O)cc1.O=C(O)C(F)(F)F. The van der Waals surface area contributed by atoms with E-state index in [4.69, 9.17) is 32.0 Å². The van der Waals surface area contributed by atoms with Crippen molar-refractivity contribution < 1.29 is 68.6 Å². The Kier molecular flexibility index (Phi) is 16.9. The number of amides is 3. The van der Waals surface area contributed by atoms with E-state index < -0.39 is 87.7 Å². The zero-order valence-electron chi connectivity index (χ0n) is 31.6. The van der Waals surface area contributed by atoms with E-state index in [-0.39, 0.29) is 36.5 Å². The van der Waals surface area contributed by atoms with Crippen molar-refractivity contribution in [2.45, 2.75) is 69.0 Å². The van der Waals surface area contributed by atoms with Gasteiger partial charge in [-0.05, 0) is 65.3 Å². The fourth-order valence-corrected chi connectivity index (χ4v) is 7.40. The molecule has 322 valence electrons. The van der Waals surface area contributed by atoms with Crippen molar-refractivity contribution in [1.29, 1.82) is 0 Å². The standard InChI is InChI=1S/C36H40ClF3N4O7S.C2HF3O2/c1-20(2)30(32(45)36(38,39)40)43-34(47)29-17-25(31(52(49)50)23-11-13-27(51-3)14-12-23)19-44(29)35(48)28(15-21-7-9-22(18-41)10-8-21)42-33(46)24-5-4-6-26(37)16-24;3-2(4,5)1(6)7/h4-14,16,20,25,28-31,52H,15,17-19,41H2,1-3H3,(H,42,46)(H,43,47);(H,6,7)/t25-,28+,29+,30+,31?;/m1./s1. The van der Waals surface area contributed by atoms with Crippen LogP contribution in [0.4, 0.5) is 26.3 Å². The maximum Gasteiger partial charge on any atom is 0.490 e. The Morgan fingerprint density at radius 1 is 0.915 bits per heavy atom. The normalized spacial score (nSPS) is 17.0. The summed E-state index contributed by atoms with van der Waals surface area (Å²) >= 11 is 6.10. The number of hydrogen-bond donors (Lipinski definition) is 5. The van der Waals surface area contributed by atoms with Crippen molar-refractivity contribution in [3.05, 3.63) is 100 Å². The lowest BCUT2D eigenvalue weighted by Crippen LogP contribution is -2.57. The van der Waals surface area contributed by atoms with E-state index in [1.807, 2.05) is 0 Å². The van der Waals surface area contributed by atoms with Crippen LogP contribution < -0.4 is 21.1 Å². The molecule has 1 fully saturated rings. The van der Waals surface area contributed by atoms with Crippen molar-refractivity contribution in [2.75, 3.05) is 13.7 Å². The number of carboxylic acid groups (broad SMARTS) is 1. The van der Waals surface area contributed by atoms with Gasteiger partial charge >= 0.3 is 18.3 Å². The first-order valence-electron chi connectivity index (χ1n) is 17.6. The molecule has 0 radical (unpaired) electrons. The number of ether oxygens (including phenoxy) is 1. The Morgan fingerprint density at radius 2 is 1.49 bits per heavy atom. The molecule has 0 spiro atoms. The van der Waals surface area contributed by atoms with Crippen LogP contribution in [0.15, 0.2) is 72.8 Å². The van der Waals surface area contributed by atoms with Crippen molar-refractivity contribution in [3.63, 3.8) is 0 Å². The van der Waals surface area contributed by atoms with Gasteiger partial charge in [0.2, 0.25) is 11.8 Å². The number of methoxy groups -OCH3 is 1. The lowest BCUT2D eigenvalue weighted by Gasteiger charge is -2.31. The Labute approximate surface area is 341 Å². The van der Waals surface area contributed by atoms with Crippen molar-refractivity contribution >= 4 is 51.8 Å². The number of aliphatic carboxylic acids is 1. The number of Topliss-reactive ketones (excluding diaryl/α,β-unsaturated/α-hetero) is 1. The summed E-state index contributed by atoms with van der Waals surface area (Å²) in [4.78, 5) is 64.2. The molecule has 1 unspecified atom stereocenters. The number of carbonyl (C=O) groups excluding carboxylic acids is 4. The minimum Gasteiger partial charge on any atom is -0.497 e. The highest BCUT2D eigenvalue weighted by molar-refractivity contribution is 7.72. The summed E-state index contributed by atoms with van der Waals surface area (Å²) in [5.41, 5.74) is 7.61. The highest BCUT2D eigenvalue weighted by Gasteiger charge is 2.49. The predicted octanol–water partition coefficient (Wildman–Crippen LogP) is 4.62. The van der Waals surface area contributed by atoms with Gasteiger partial charge in [0, 0.05) is 30.1 Å². The third-order valence-electron chi connectivity index (χ3n) is 9.21. The topological polar surface area (TPSA) is 202 Å². The first-order valence-corrected chi connectivity index (χ1v) is 19.2. The van der Waals surface area contributed by atoms with E-state index in [1.54, 1.807) is 48.5 Å². The average Bonchev–Trinajstić information content (AvgIpc) is 3.60. The van der Waals surface area contributed by atoms with Crippen LogP contribution in [0.3, 0.4) is 0 Å². The summed E-state index contributed by atoms with van der Waals surface area (Å²) in [5.74, 6) is -8.90. The second-order valence-corrected chi connectivity index (χ2v) is 15.2. The van der Waals surface area contributed by atoms with Crippen LogP contribution >= 0.6 is 11.6 Å². The molecule has 21 heteroatoms. The number of nitrogens with two attached hydrogens (primary N) is 1. The summed E-state index contributed by atoms with van der Waals surface area (Å²) in [7, 11) is -1.77. The third kappa shape index (κ3) is 13.4. The van der Waals surface area contributed by atoms with Gasteiger partial charge in [0.05, 0.1) is 18.4 Å². The van der Waals surface area contributed by atoms with Gasteiger partial charge in [-0.2, -0.15) is 26.3 Å². The molecule has 59 heavy (non-hydrogen) atoms. The summed E-state index contributed by atoms with van der Waals surface area (Å²) in [6, 6.07) is 14.2. The number of likely N-dealkylation sites (tertiary alicyclic amines) is 1. The van der Waals surface area contributed by atoms with E-state index in [2.05, 4.69) is 10.6 Å². The molecule has 1 saturated heterocycles. The lowest BCUT2D eigenvalue weighted by molar-refractivity contribution is -0.192. The molecule has 5 atom stereocenters. The fourth-order valence-electron chi connectivity index (χ4n) is 6.24. The molecule has 1 heterocycles. The fraction of sp³-hybridized carbons (Fsp3) is 0.395. The first kappa shape index (κ1) is 48.2. The van der Waals surface area contributed by atoms with Crippen LogP contribution in [0.25, 0.3) is 0 Å². The maximum absolute atomic E-state index is 14.6. The van der Waals surface area contributed by atoms with Gasteiger partial charge in [-0.15, -0.1) is 0 Å². The molecule has 3 amide bonds. The summed E-state index contributed by atoms with van der Waals surface area (Å²) in [5, 5.41) is 11.1. The largest absolute Gasteiger partial charge is 0.497 e. The molecule has 5 N–H and O–H groups in total. The minimum atomic E-state index is -5.26. The minimum absolute atomic E-state index is 0.0790. The van der Waals surface area contributed by atoms with E-state index >= 15 is 0 Å². The molecule has 0 aliphatic carbocycles. The molecule has 1 aliphatic rings. The molecular weight excluding hydrogens is 838 g/mol.